The zero-order valence-electron chi connectivity index (χ0n) is 77.8. The van der Waals surface area contributed by atoms with Gasteiger partial charge in [0.25, 0.3) is 11.8 Å². The Morgan fingerprint density at radius 1 is 0.319 bits per heavy atom. The van der Waals surface area contributed by atoms with E-state index in [1.54, 1.807) is 48.7 Å². The van der Waals surface area contributed by atoms with Crippen LogP contribution in [0, 0.1) is 17.8 Å². The van der Waals surface area contributed by atoms with Crippen molar-refractivity contribution in [1.82, 2.24) is 29.5 Å². The lowest BCUT2D eigenvalue weighted by Crippen LogP contribution is -2.53. The van der Waals surface area contributed by atoms with E-state index in [-0.39, 0.29) is 71.8 Å². The van der Waals surface area contributed by atoms with E-state index in [2.05, 4.69) is 43.3 Å². The predicted molar refractivity (Wildman–Crippen MR) is 580 cm³/mol. The lowest BCUT2D eigenvalue weighted by molar-refractivity contribution is -0.142. The molecule has 141 heavy (non-hydrogen) atoms. The van der Waals surface area contributed by atoms with Gasteiger partial charge >= 0.3 is 0 Å². The summed E-state index contributed by atoms with van der Waals surface area (Å²) in [4.78, 5) is 89.7. The lowest BCUT2D eigenvalue weighted by Gasteiger charge is -2.44. The van der Waals surface area contributed by atoms with Crippen LogP contribution in [0.4, 0.5) is 28.4 Å². The van der Waals surface area contributed by atoms with Crippen molar-refractivity contribution >= 4 is 232 Å². The maximum atomic E-state index is 13.0. The Kier molecular flexibility index (Phi) is 38.7. The van der Waals surface area contributed by atoms with Crippen molar-refractivity contribution in [3.8, 4) is 0 Å². The second-order valence-electron chi connectivity index (χ2n) is 36.4. The van der Waals surface area contributed by atoms with E-state index in [0.717, 1.165) is 114 Å². The molecule has 1 saturated carbocycles. The number of carbonyl (C=O) groups is 5. The number of anilines is 5. The van der Waals surface area contributed by atoms with E-state index in [1.165, 1.54) is 0 Å². The normalized spacial score (nSPS) is 19.9. The molecular weight excluding hydrogens is 2100 g/mol. The summed E-state index contributed by atoms with van der Waals surface area (Å²) >= 11 is 93.4. The summed E-state index contributed by atoms with van der Waals surface area (Å²) < 4.78 is 11.0. The highest BCUT2D eigenvalue weighted by molar-refractivity contribution is 6.39. The van der Waals surface area contributed by atoms with Crippen molar-refractivity contribution in [3.05, 3.63) is 346 Å². The molecule has 7 unspecified atom stereocenters. The zero-order chi connectivity index (χ0) is 99.7. The average Bonchev–Trinajstić information content (AvgIpc) is 1.39. The van der Waals surface area contributed by atoms with Gasteiger partial charge in [0.05, 0.1) is 96.3 Å². The number of pyridine rings is 1. The second kappa shape index (κ2) is 50.9. The fourth-order valence-corrected chi connectivity index (χ4v) is 22.6. The molecule has 0 radical (unpaired) electrons. The molecule has 1 aliphatic carbocycles. The highest BCUT2D eigenvalue weighted by atomic mass is 35.5. The Bertz CT molecular complexity index is 5750. The second-order valence-corrected chi connectivity index (χ2v) is 42.8. The maximum absolute atomic E-state index is 13.0. The molecule has 742 valence electrons. The summed E-state index contributed by atoms with van der Waals surface area (Å²) in [6.07, 6.45) is 9.74. The molecule has 18 nitrogen and oxygen atoms in total. The van der Waals surface area contributed by atoms with Gasteiger partial charge in [-0.05, 0) is 236 Å². The summed E-state index contributed by atoms with van der Waals surface area (Å²) in [6.45, 7) is 15.7. The van der Waals surface area contributed by atoms with Gasteiger partial charge in [0.1, 0.15) is 11.8 Å². The number of aromatic nitrogens is 1. The molecule has 0 bridgehead atoms. The quantitative estimate of drug-likeness (QED) is 0.0852. The molecule has 8 fully saturated rings. The summed E-state index contributed by atoms with van der Waals surface area (Å²) in [7, 11) is 0. The number of halogens is 15. The third kappa shape index (κ3) is 28.0. The van der Waals surface area contributed by atoms with Crippen LogP contribution in [0.1, 0.15) is 140 Å². The van der Waals surface area contributed by atoms with E-state index < -0.39 is 0 Å². The van der Waals surface area contributed by atoms with Gasteiger partial charge in [-0.3, -0.25) is 29.0 Å². The summed E-state index contributed by atoms with van der Waals surface area (Å²) in [5, 5.41) is 9.49. The minimum atomic E-state index is -0.309. The molecular formula is C108H108Cl15N11O7. The summed E-state index contributed by atoms with van der Waals surface area (Å²) in [5.41, 5.74) is 10.5. The van der Waals surface area contributed by atoms with Crippen LogP contribution in [0.15, 0.2) is 237 Å². The smallest absolute Gasteiger partial charge is 0.272 e. The van der Waals surface area contributed by atoms with Crippen LogP contribution in [0.25, 0.3) is 0 Å². The topological polar surface area (TPSA) is 149 Å². The first kappa shape index (κ1) is 107. The lowest BCUT2D eigenvalue weighted by atomic mass is 9.99. The monoisotopic (exact) mass is 2200 g/mol. The molecule has 11 aromatic rings. The van der Waals surface area contributed by atoms with E-state index in [9.17, 15) is 24.0 Å². The number of piperazine rings is 5. The standard InChI is InChI=1S/C22H18Cl3N3O.C22H23Cl3N2O.C22H25Cl3N2O.2C21H21Cl3N2O2/c23-16-6-4-15(5-7-16)21-14-27(22(29)19-3-1-2-10-26-19)11-12-28(21)20-9-8-17(24)13-18(20)25;23-17-7-5-15(6-8-17)21-14-26(22(28)16-3-1-2-4-16)11-12-27(21)20-10-9-18(24)13-19(20)25;1-15(2)3-10-22(28)26-11-12-27(20-9-8-18(24)13-19(20)25)21(14-26)16-4-6-17(23)7-5-16;22-16-3-1-14(2-4-16)20-12-25(21(27)15-7-10-28-13-15)8-9-26(20)19-6-5-17(23)11-18(19)24;22-15-5-3-14(4-6-15)19-13-25(21(27)20-2-1-11-28-20)9-10-26(19)18-8-7-16(23)12-17(18)24/h1-10,13,21H,11-12,14H2;5-10,13,16,21H,1-4,11-12,14H2;4-9,13,15,21H,3,10-12,14H2,1-2H3;1-6,11,15,20H,7-10,12-13H2;3-8,12,19-20H,1-2,9-11,13H2. The van der Waals surface area contributed by atoms with Crippen molar-refractivity contribution in [3.63, 3.8) is 0 Å². The van der Waals surface area contributed by atoms with Gasteiger partial charge in [0, 0.05) is 180 Å². The SMILES string of the molecule is CC(C)CCC(=O)N1CCN(c2ccc(Cl)cc2Cl)C(c2ccc(Cl)cc2)C1.O=C(C1CCCC1)N1CCN(c2ccc(Cl)cc2Cl)C(c2ccc(Cl)cc2)C1.O=C(C1CCCO1)N1CCN(c2ccc(Cl)cc2Cl)C(c2ccc(Cl)cc2)C1.O=C(C1CCOC1)N1CCN(c2ccc(Cl)cc2Cl)C(c2ccc(Cl)cc2)C1.O=C(c1ccccn1)N1CCN(c2ccc(Cl)cc2Cl)C(c2ccc(Cl)cc2)C1. The van der Waals surface area contributed by atoms with Crippen LogP contribution in [0.5, 0.6) is 0 Å². The number of amides is 5. The predicted octanol–water partition coefficient (Wildman–Crippen LogP) is 28.7. The van der Waals surface area contributed by atoms with Gasteiger partial charge in [-0.15, -0.1) is 0 Å². The summed E-state index contributed by atoms with van der Waals surface area (Å²) in [5.74, 6) is 1.38. The molecule has 7 atom stereocenters. The van der Waals surface area contributed by atoms with Crippen LogP contribution in [-0.4, -0.2) is 183 Å². The highest BCUT2D eigenvalue weighted by Gasteiger charge is 2.42. The number of rotatable bonds is 17. The van der Waals surface area contributed by atoms with Crippen LogP contribution >= 0.6 is 174 Å². The Morgan fingerprint density at radius 2 is 0.624 bits per heavy atom. The minimum absolute atomic E-state index is 0.00712. The molecule has 7 aliphatic heterocycles. The fourth-order valence-electron chi connectivity index (χ4n) is 19.4. The van der Waals surface area contributed by atoms with Crippen LogP contribution in [0.2, 0.25) is 75.3 Å². The molecule has 0 spiro atoms. The first-order valence-corrected chi connectivity index (χ1v) is 53.0. The highest BCUT2D eigenvalue weighted by Crippen LogP contribution is 2.45. The van der Waals surface area contributed by atoms with Gasteiger partial charge in [0.15, 0.2) is 0 Å². The third-order valence-electron chi connectivity index (χ3n) is 26.9. The van der Waals surface area contributed by atoms with Gasteiger partial charge < -0.3 is 58.5 Å². The zero-order valence-corrected chi connectivity index (χ0v) is 89.1. The maximum Gasteiger partial charge on any atom is 0.272 e. The van der Waals surface area contributed by atoms with Crippen molar-refractivity contribution in [1.29, 1.82) is 0 Å². The van der Waals surface area contributed by atoms with Crippen molar-refractivity contribution in [2.24, 2.45) is 17.8 Å². The number of nitrogens with zero attached hydrogens (tertiary/aromatic N) is 11. The minimum Gasteiger partial charge on any atom is -0.381 e. The van der Waals surface area contributed by atoms with Gasteiger partial charge in [-0.2, -0.15) is 0 Å². The fraction of sp³-hybridized carbons (Fsp3) is 0.352. The molecule has 7 saturated heterocycles. The van der Waals surface area contributed by atoms with Crippen molar-refractivity contribution in [2.75, 3.05) is 142 Å². The van der Waals surface area contributed by atoms with Crippen molar-refractivity contribution < 1.29 is 33.4 Å². The van der Waals surface area contributed by atoms with Gasteiger partial charge in [-0.1, -0.05) is 267 Å². The van der Waals surface area contributed by atoms with Crippen LogP contribution < -0.4 is 24.5 Å². The number of hydrogen-bond acceptors (Lipinski definition) is 13. The van der Waals surface area contributed by atoms with E-state index in [0.29, 0.717) is 211 Å². The number of benzene rings is 10. The van der Waals surface area contributed by atoms with Crippen molar-refractivity contribution in [2.45, 2.75) is 108 Å². The van der Waals surface area contributed by atoms with Crippen LogP contribution in [0.3, 0.4) is 0 Å². The van der Waals surface area contributed by atoms with Gasteiger partial charge in [0.2, 0.25) is 17.7 Å². The first-order valence-electron chi connectivity index (χ1n) is 47.4. The number of hydrogen-bond donors (Lipinski definition) is 0. The number of ether oxygens (including phenoxy) is 2. The molecule has 5 amide bonds. The number of carbonyl (C=O) groups excluding carboxylic acids is 5. The third-order valence-corrected chi connectivity index (χ3v) is 30.8. The first-order chi connectivity index (χ1) is 67.9. The Labute approximate surface area is 900 Å². The average molecular weight is 2200 g/mol. The molecule has 8 heterocycles. The van der Waals surface area contributed by atoms with E-state index in [4.69, 9.17) is 183 Å². The molecule has 0 N–H and O–H groups in total. The molecule has 33 heteroatoms. The Balaban J connectivity index is 0.000000133. The van der Waals surface area contributed by atoms with Crippen LogP contribution in [-0.2, 0) is 28.7 Å². The molecule has 19 rings (SSSR count). The van der Waals surface area contributed by atoms with Gasteiger partial charge in [-0.25, -0.2) is 0 Å². The molecule has 8 aliphatic rings. The largest absolute Gasteiger partial charge is 0.381 e. The summed E-state index contributed by atoms with van der Waals surface area (Å²) in [6, 6.07) is 71.9. The van der Waals surface area contributed by atoms with E-state index >= 15 is 0 Å². The molecule has 10 aromatic carbocycles. The Hall–Kier alpha value is -8.03. The molecule has 1 aromatic heterocycles. The van der Waals surface area contributed by atoms with E-state index in [1.807, 2.05) is 213 Å². The Morgan fingerprint density at radius 3 is 0.922 bits per heavy atom.